The molecule has 3 aromatic heterocycles. The first kappa shape index (κ1) is 21.3. The fourth-order valence-electron chi connectivity index (χ4n) is 3.04. The number of nitrogens with one attached hydrogen (secondary N) is 3. The minimum atomic E-state index is 0.243. The molecule has 0 saturated heterocycles. The second-order valence-electron chi connectivity index (χ2n) is 7.08. The Labute approximate surface area is 177 Å². The van der Waals surface area contributed by atoms with Gasteiger partial charge >= 0.3 is 0 Å². The first-order chi connectivity index (χ1) is 14.5. The van der Waals surface area contributed by atoms with Crippen molar-refractivity contribution in [3.05, 3.63) is 48.0 Å². The van der Waals surface area contributed by atoms with Gasteiger partial charge in [-0.25, -0.2) is 9.97 Å². The van der Waals surface area contributed by atoms with Crippen LogP contribution < -0.4 is 15.4 Å². The van der Waals surface area contributed by atoms with Gasteiger partial charge in [-0.05, 0) is 38.5 Å². The van der Waals surface area contributed by atoms with Crippen molar-refractivity contribution in [3.8, 4) is 17.1 Å². The summed E-state index contributed by atoms with van der Waals surface area (Å²) in [6.07, 6.45) is 7.75. The highest BCUT2D eigenvalue weighted by Crippen LogP contribution is 2.34. The molecule has 0 aromatic carbocycles. The van der Waals surface area contributed by atoms with Crippen molar-refractivity contribution in [2.24, 2.45) is 7.05 Å². The van der Waals surface area contributed by atoms with Gasteiger partial charge in [0.15, 0.2) is 0 Å². The van der Waals surface area contributed by atoms with Crippen LogP contribution in [0, 0.1) is 5.41 Å². The summed E-state index contributed by atoms with van der Waals surface area (Å²) in [4.78, 5) is 9.07. The van der Waals surface area contributed by atoms with E-state index in [4.69, 9.17) is 15.1 Å². The molecule has 8 heteroatoms. The molecule has 1 atom stereocenters. The third-order valence-corrected chi connectivity index (χ3v) is 4.76. The molecule has 0 spiro atoms. The third-order valence-electron chi connectivity index (χ3n) is 4.76. The molecule has 3 heterocycles. The van der Waals surface area contributed by atoms with Gasteiger partial charge in [0.1, 0.15) is 5.69 Å². The van der Waals surface area contributed by atoms with Crippen molar-refractivity contribution in [3.63, 3.8) is 0 Å². The summed E-state index contributed by atoms with van der Waals surface area (Å²) < 4.78 is 7.47. The van der Waals surface area contributed by atoms with E-state index >= 15 is 0 Å². The van der Waals surface area contributed by atoms with Crippen LogP contribution in [-0.2, 0) is 13.6 Å². The quantitative estimate of drug-likeness (QED) is 0.438. The van der Waals surface area contributed by atoms with Crippen molar-refractivity contribution in [2.75, 3.05) is 17.2 Å². The Morgan fingerprint density at radius 3 is 2.83 bits per heavy atom. The lowest BCUT2D eigenvalue weighted by Crippen LogP contribution is -2.17. The molecule has 3 aromatic rings. The fraction of sp³-hybridized carbons (Fsp3) is 0.364. The Hall–Kier alpha value is -3.42. The Kier molecular flexibility index (Phi) is 7.00. The van der Waals surface area contributed by atoms with E-state index in [1.807, 2.05) is 44.6 Å². The molecule has 0 aliphatic heterocycles. The number of pyridine rings is 2. The second kappa shape index (κ2) is 9.87. The Balaban J connectivity index is 2.05. The molecular weight excluding hydrogens is 378 g/mol. The number of hydrogen-bond donors (Lipinski definition) is 3. The zero-order valence-electron chi connectivity index (χ0n) is 17.9. The lowest BCUT2D eigenvalue weighted by atomic mass is 10.1. The smallest absolute Gasteiger partial charge is 0.222 e. The molecule has 0 amide bonds. The standard InChI is InChI=1S/C22H29N7O/c1-5-15(3)27-21-19(25-12-16-13-26-29(4)14-16)10-18(28-20(21)11-23)17-8-7-9-24-22(17)30-6-2/h7-11,13-15,23,27H,5-6,12H2,1-4H3,(H,25,28). The first-order valence-corrected chi connectivity index (χ1v) is 10.2. The molecule has 0 bridgehead atoms. The van der Waals surface area contributed by atoms with Crippen molar-refractivity contribution in [1.29, 1.82) is 5.41 Å². The van der Waals surface area contributed by atoms with Crippen molar-refractivity contribution >= 4 is 17.6 Å². The number of nitrogens with zero attached hydrogens (tertiary/aromatic N) is 4. The summed E-state index contributed by atoms with van der Waals surface area (Å²) in [5.74, 6) is 0.532. The Morgan fingerprint density at radius 1 is 1.33 bits per heavy atom. The molecule has 0 radical (unpaired) electrons. The number of aryl methyl sites for hydroxylation is 1. The number of rotatable bonds is 10. The molecule has 0 saturated carbocycles. The SMILES string of the molecule is CCOc1ncccc1-c1cc(NCc2cnn(C)c2)c(NC(C)CC)c(C=N)n1. The van der Waals surface area contributed by atoms with E-state index in [0.717, 1.165) is 28.9 Å². The number of hydrogen-bond acceptors (Lipinski definition) is 7. The highest BCUT2D eigenvalue weighted by Gasteiger charge is 2.17. The highest BCUT2D eigenvalue weighted by atomic mass is 16.5. The molecule has 0 aliphatic carbocycles. The van der Waals surface area contributed by atoms with Crippen LogP contribution >= 0.6 is 0 Å². The number of anilines is 2. The predicted octanol–water partition coefficient (Wildman–Crippen LogP) is 4.10. The Bertz CT molecular complexity index is 999. The fourth-order valence-corrected chi connectivity index (χ4v) is 3.04. The van der Waals surface area contributed by atoms with Crippen LogP contribution in [-0.4, -0.2) is 38.6 Å². The Morgan fingerprint density at radius 2 is 2.17 bits per heavy atom. The predicted molar refractivity (Wildman–Crippen MR) is 120 cm³/mol. The summed E-state index contributed by atoms with van der Waals surface area (Å²) in [6, 6.07) is 6.01. The normalized spacial score (nSPS) is 11.7. The summed E-state index contributed by atoms with van der Waals surface area (Å²) in [7, 11) is 1.90. The molecule has 1 unspecified atom stereocenters. The molecule has 0 fully saturated rings. The maximum absolute atomic E-state index is 7.96. The maximum atomic E-state index is 7.96. The van der Waals surface area contributed by atoms with Crippen molar-refractivity contribution < 1.29 is 4.74 Å². The number of ether oxygens (including phenoxy) is 1. The maximum Gasteiger partial charge on any atom is 0.222 e. The van der Waals surface area contributed by atoms with Crippen LogP contribution in [0.25, 0.3) is 11.3 Å². The molecule has 3 N–H and O–H groups in total. The summed E-state index contributed by atoms with van der Waals surface area (Å²) in [6.45, 7) is 7.28. The van der Waals surface area contributed by atoms with Gasteiger partial charge in [-0.15, -0.1) is 0 Å². The monoisotopic (exact) mass is 407 g/mol. The topological polar surface area (TPSA) is 101 Å². The average Bonchev–Trinajstić information content (AvgIpc) is 3.18. The lowest BCUT2D eigenvalue weighted by molar-refractivity contribution is 0.328. The van der Waals surface area contributed by atoms with Crippen LogP contribution in [0.3, 0.4) is 0 Å². The van der Waals surface area contributed by atoms with Crippen LogP contribution in [0.2, 0.25) is 0 Å². The third kappa shape index (κ3) is 4.94. The van der Waals surface area contributed by atoms with Crippen LogP contribution in [0.1, 0.15) is 38.4 Å². The molecule has 158 valence electrons. The first-order valence-electron chi connectivity index (χ1n) is 10.2. The van der Waals surface area contributed by atoms with E-state index in [2.05, 4.69) is 34.6 Å². The van der Waals surface area contributed by atoms with Gasteiger partial charge in [-0.3, -0.25) is 4.68 Å². The van der Waals surface area contributed by atoms with E-state index < -0.39 is 0 Å². The molecule has 0 aliphatic rings. The summed E-state index contributed by atoms with van der Waals surface area (Å²) in [5.41, 5.74) is 4.81. The minimum absolute atomic E-state index is 0.243. The summed E-state index contributed by atoms with van der Waals surface area (Å²) in [5, 5.41) is 19.2. The van der Waals surface area contributed by atoms with Gasteiger partial charge < -0.3 is 20.8 Å². The van der Waals surface area contributed by atoms with Crippen molar-refractivity contribution in [2.45, 2.75) is 39.8 Å². The van der Waals surface area contributed by atoms with Crippen LogP contribution in [0.4, 0.5) is 11.4 Å². The van der Waals surface area contributed by atoms with E-state index in [9.17, 15) is 0 Å². The van der Waals surface area contributed by atoms with E-state index in [-0.39, 0.29) is 6.04 Å². The zero-order valence-corrected chi connectivity index (χ0v) is 17.9. The van der Waals surface area contributed by atoms with Gasteiger partial charge in [-0.2, -0.15) is 5.10 Å². The van der Waals surface area contributed by atoms with Gasteiger partial charge in [0, 0.05) is 43.8 Å². The average molecular weight is 408 g/mol. The summed E-state index contributed by atoms with van der Waals surface area (Å²) >= 11 is 0. The molecule has 30 heavy (non-hydrogen) atoms. The molecule has 3 rings (SSSR count). The van der Waals surface area contributed by atoms with E-state index in [1.54, 1.807) is 10.9 Å². The van der Waals surface area contributed by atoms with E-state index in [1.165, 1.54) is 6.21 Å². The minimum Gasteiger partial charge on any atom is -0.477 e. The van der Waals surface area contributed by atoms with Crippen LogP contribution in [0.5, 0.6) is 5.88 Å². The van der Waals surface area contributed by atoms with E-state index in [0.29, 0.717) is 30.4 Å². The van der Waals surface area contributed by atoms with Crippen LogP contribution in [0.15, 0.2) is 36.8 Å². The highest BCUT2D eigenvalue weighted by molar-refractivity contribution is 5.91. The largest absolute Gasteiger partial charge is 0.477 e. The number of aromatic nitrogens is 4. The molecular formula is C22H29N7O. The van der Waals surface area contributed by atoms with Crippen molar-refractivity contribution in [1.82, 2.24) is 19.7 Å². The molecule has 8 nitrogen and oxygen atoms in total. The zero-order chi connectivity index (χ0) is 21.5. The van der Waals surface area contributed by atoms with Gasteiger partial charge in [0.2, 0.25) is 5.88 Å². The van der Waals surface area contributed by atoms with Gasteiger partial charge in [-0.1, -0.05) is 6.92 Å². The van der Waals surface area contributed by atoms with Gasteiger partial charge in [0.25, 0.3) is 0 Å². The van der Waals surface area contributed by atoms with Gasteiger partial charge in [0.05, 0.1) is 35.4 Å². The lowest BCUT2D eigenvalue weighted by Gasteiger charge is -2.21. The second-order valence-corrected chi connectivity index (χ2v) is 7.08.